The number of hydrogen-bond acceptors (Lipinski definition) is 1. The van der Waals surface area contributed by atoms with Crippen LogP contribution in [-0.4, -0.2) is 45.4 Å². The Balaban J connectivity index is 1.69. The number of quaternary nitrogens is 2. The Labute approximate surface area is 80.4 Å². The molecule has 76 valence electrons. The normalized spacial score (nSPS) is 31.8. The molecule has 0 amide bonds. The third kappa shape index (κ3) is 2.93. The second-order valence-electron chi connectivity index (χ2n) is 4.32. The van der Waals surface area contributed by atoms with Gasteiger partial charge in [0.2, 0.25) is 0 Å². The highest BCUT2D eigenvalue weighted by Gasteiger charge is 2.23. The van der Waals surface area contributed by atoms with Crippen LogP contribution >= 0.6 is 0 Å². The fourth-order valence-electron chi connectivity index (χ4n) is 2.41. The molecule has 1 atom stereocenters. The van der Waals surface area contributed by atoms with Gasteiger partial charge >= 0.3 is 0 Å². The van der Waals surface area contributed by atoms with Crippen molar-refractivity contribution in [3.05, 3.63) is 0 Å². The molecular formula is C10H22N2O+2. The summed E-state index contributed by atoms with van der Waals surface area (Å²) in [5.74, 6) is 0. The molecule has 0 aromatic carbocycles. The van der Waals surface area contributed by atoms with Gasteiger partial charge in [-0.05, 0) is 19.3 Å². The lowest BCUT2D eigenvalue weighted by atomic mass is 10.1. The van der Waals surface area contributed by atoms with E-state index in [9.17, 15) is 0 Å². The van der Waals surface area contributed by atoms with Crippen molar-refractivity contribution in [1.29, 1.82) is 0 Å². The van der Waals surface area contributed by atoms with Crippen molar-refractivity contribution < 1.29 is 15.0 Å². The summed E-state index contributed by atoms with van der Waals surface area (Å²) in [6.45, 7) is 7.30. The third-order valence-electron chi connectivity index (χ3n) is 3.18. The molecule has 0 unspecified atom stereocenters. The van der Waals surface area contributed by atoms with Gasteiger partial charge in [0.15, 0.2) is 6.10 Å². The van der Waals surface area contributed by atoms with E-state index >= 15 is 0 Å². The molecule has 0 bridgehead atoms. The van der Waals surface area contributed by atoms with Gasteiger partial charge in [0.25, 0.3) is 0 Å². The van der Waals surface area contributed by atoms with Crippen LogP contribution < -0.4 is 10.2 Å². The highest BCUT2D eigenvalue weighted by Crippen LogP contribution is 1.95. The van der Waals surface area contributed by atoms with E-state index in [1.165, 1.54) is 45.4 Å². The van der Waals surface area contributed by atoms with Crippen LogP contribution in [0, 0.1) is 0 Å². The van der Waals surface area contributed by atoms with Crippen molar-refractivity contribution in [3.8, 4) is 0 Å². The van der Waals surface area contributed by atoms with Gasteiger partial charge in [-0.3, -0.25) is 0 Å². The molecule has 0 spiro atoms. The summed E-state index contributed by atoms with van der Waals surface area (Å²) in [6.07, 6.45) is 4.82. The van der Waals surface area contributed by atoms with Gasteiger partial charge in [0.05, 0.1) is 26.2 Å². The summed E-state index contributed by atoms with van der Waals surface area (Å²) in [7, 11) is 0. The zero-order valence-corrected chi connectivity index (χ0v) is 8.43. The molecule has 2 aliphatic heterocycles. The highest BCUT2D eigenvalue weighted by atomic mass is 16.5. The van der Waals surface area contributed by atoms with Crippen LogP contribution in [0.5, 0.6) is 0 Å². The van der Waals surface area contributed by atoms with E-state index in [0.29, 0.717) is 6.10 Å². The number of ether oxygens (including phenoxy) is 1. The molecule has 3 heteroatoms. The molecular weight excluding hydrogens is 164 g/mol. The van der Waals surface area contributed by atoms with E-state index in [1.54, 1.807) is 4.90 Å². The first-order chi connectivity index (χ1) is 6.45. The van der Waals surface area contributed by atoms with Crippen molar-refractivity contribution >= 4 is 0 Å². The molecule has 3 nitrogen and oxygen atoms in total. The van der Waals surface area contributed by atoms with Crippen molar-refractivity contribution in [2.24, 2.45) is 0 Å². The lowest BCUT2D eigenvalue weighted by Gasteiger charge is -2.28. The van der Waals surface area contributed by atoms with Crippen molar-refractivity contribution in [1.82, 2.24) is 0 Å². The van der Waals surface area contributed by atoms with Gasteiger partial charge in [-0.1, -0.05) is 0 Å². The Morgan fingerprint density at radius 2 is 2.08 bits per heavy atom. The minimum absolute atomic E-state index is 0.529. The maximum absolute atomic E-state index is 5.73. The zero-order chi connectivity index (χ0) is 8.93. The SMILES string of the molecule is C1CC[NH+](C[C@@H]2C[NH2+]CCO2)CC1. The topological polar surface area (TPSA) is 30.3 Å². The summed E-state index contributed by atoms with van der Waals surface area (Å²) in [5.41, 5.74) is 0. The van der Waals surface area contributed by atoms with E-state index in [0.717, 1.165) is 13.2 Å². The van der Waals surface area contributed by atoms with Crippen molar-refractivity contribution in [2.75, 3.05) is 39.3 Å². The Bertz CT molecular complexity index is 124. The summed E-state index contributed by atoms with van der Waals surface area (Å²) in [4.78, 5) is 1.77. The number of nitrogens with two attached hydrogens (primary N) is 1. The highest BCUT2D eigenvalue weighted by molar-refractivity contribution is 4.57. The van der Waals surface area contributed by atoms with Crippen molar-refractivity contribution in [2.45, 2.75) is 25.4 Å². The number of rotatable bonds is 2. The second-order valence-corrected chi connectivity index (χ2v) is 4.32. The van der Waals surface area contributed by atoms with Crippen LogP contribution in [0.3, 0.4) is 0 Å². The first-order valence-electron chi connectivity index (χ1n) is 5.72. The van der Waals surface area contributed by atoms with Crippen LogP contribution in [0.2, 0.25) is 0 Å². The molecule has 13 heavy (non-hydrogen) atoms. The first kappa shape index (κ1) is 9.44. The molecule has 0 radical (unpaired) electrons. The molecule has 3 N–H and O–H groups in total. The van der Waals surface area contributed by atoms with Crippen LogP contribution in [0.1, 0.15) is 19.3 Å². The molecule has 0 aromatic rings. The minimum Gasteiger partial charge on any atom is -0.361 e. The monoisotopic (exact) mass is 186 g/mol. The van der Waals surface area contributed by atoms with Crippen LogP contribution in [0.4, 0.5) is 0 Å². The average molecular weight is 186 g/mol. The molecule has 0 aliphatic carbocycles. The Morgan fingerprint density at radius 3 is 2.77 bits per heavy atom. The second kappa shape index (κ2) is 4.94. The van der Waals surface area contributed by atoms with Crippen LogP contribution in [0.15, 0.2) is 0 Å². The van der Waals surface area contributed by atoms with Gasteiger partial charge in [0, 0.05) is 0 Å². The molecule has 0 aromatic heterocycles. The number of morpholine rings is 1. The van der Waals surface area contributed by atoms with E-state index < -0.39 is 0 Å². The zero-order valence-electron chi connectivity index (χ0n) is 8.43. The first-order valence-corrected chi connectivity index (χ1v) is 5.72. The number of piperidine rings is 1. The van der Waals surface area contributed by atoms with Gasteiger partial charge < -0.3 is 15.0 Å². The molecule has 0 saturated carbocycles. The Kier molecular flexibility index (Phi) is 3.58. The van der Waals surface area contributed by atoms with Gasteiger partial charge in [-0.25, -0.2) is 0 Å². The van der Waals surface area contributed by atoms with Crippen molar-refractivity contribution in [3.63, 3.8) is 0 Å². The van der Waals surface area contributed by atoms with Crippen LogP contribution in [-0.2, 0) is 4.74 Å². The molecule has 2 saturated heterocycles. The van der Waals surface area contributed by atoms with Gasteiger partial charge in [0.1, 0.15) is 13.1 Å². The fourth-order valence-corrected chi connectivity index (χ4v) is 2.41. The third-order valence-corrected chi connectivity index (χ3v) is 3.18. The molecule has 2 aliphatic rings. The van der Waals surface area contributed by atoms with Gasteiger partial charge in [-0.2, -0.15) is 0 Å². The van der Waals surface area contributed by atoms with E-state index in [2.05, 4.69) is 5.32 Å². The smallest absolute Gasteiger partial charge is 0.155 e. The van der Waals surface area contributed by atoms with E-state index in [4.69, 9.17) is 4.74 Å². The summed E-state index contributed by atoms with van der Waals surface area (Å²) in [6, 6.07) is 0. The predicted molar refractivity (Wildman–Crippen MR) is 50.8 cm³/mol. The van der Waals surface area contributed by atoms with Crippen LogP contribution in [0.25, 0.3) is 0 Å². The maximum atomic E-state index is 5.73. The predicted octanol–water partition coefficient (Wildman–Crippen LogP) is -1.98. The maximum Gasteiger partial charge on any atom is 0.155 e. The largest absolute Gasteiger partial charge is 0.361 e. The quantitative estimate of drug-likeness (QED) is 0.514. The number of likely N-dealkylation sites (tertiary alicyclic amines) is 1. The van der Waals surface area contributed by atoms with E-state index in [1.807, 2.05) is 0 Å². The summed E-state index contributed by atoms with van der Waals surface area (Å²) < 4.78 is 5.73. The minimum atomic E-state index is 0.529. The standard InChI is InChI=1S/C10H20N2O/c1-2-5-12(6-3-1)9-10-8-11-4-7-13-10/h10-11H,1-9H2/p+2/t10-/m0/s1. The Hall–Kier alpha value is -0.120. The molecule has 2 rings (SSSR count). The number of nitrogens with one attached hydrogen (secondary N) is 1. The lowest BCUT2D eigenvalue weighted by molar-refractivity contribution is -0.910. The average Bonchev–Trinajstić information content (AvgIpc) is 2.21. The molecule has 2 fully saturated rings. The summed E-state index contributed by atoms with van der Waals surface area (Å²) in [5, 5.41) is 2.39. The summed E-state index contributed by atoms with van der Waals surface area (Å²) >= 11 is 0. The Morgan fingerprint density at radius 1 is 1.23 bits per heavy atom. The number of hydrogen-bond donors (Lipinski definition) is 2. The lowest BCUT2D eigenvalue weighted by Crippen LogP contribution is -3.14. The van der Waals surface area contributed by atoms with E-state index in [-0.39, 0.29) is 0 Å². The van der Waals surface area contributed by atoms with Gasteiger partial charge in [-0.15, -0.1) is 0 Å². The fraction of sp³-hybridized carbons (Fsp3) is 1.00. The molecule has 2 heterocycles.